The maximum absolute atomic E-state index is 10.8. The number of carboxylic acids is 1. The molecule has 2 heterocycles. The van der Waals surface area contributed by atoms with Gasteiger partial charge >= 0.3 is 5.97 Å². The SMILES string of the molecule is O=C(O)c1cnoc1C1CCSCC1. The Morgan fingerprint density at radius 2 is 2.29 bits per heavy atom. The molecule has 1 N–H and O–H groups in total. The van der Waals surface area contributed by atoms with Crippen molar-refractivity contribution in [2.24, 2.45) is 0 Å². The Bertz CT molecular complexity index is 331. The number of hydrogen-bond acceptors (Lipinski definition) is 4. The number of thioether (sulfide) groups is 1. The third kappa shape index (κ3) is 1.77. The maximum Gasteiger partial charge on any atom is 0.340 e. The van der Waals surface area contributed by atoms with Gasteiger partial charge in [0.05, 0.1) is 6.20 Å². The Morgan fingerprint density at radius 3 is 2.93 bits per heavy atom. The van der Waals surface area contributed by atoms with Gasteiger partial charge in [0.15, 0.2) is 5.76 Å². The Balaban J connectivity index is 2.21. The first-order valence-electron chi connectivity index (χ1n) is 4.54. The molecule has 0 radical (unpaired) electrons. The van der Waals surface area contributed by atoms with E-state index in [1.807, 2.05) is 11.8 Å². The van der Waals surface area contributed by atoms with E-state index in [-0.39, 0.29) is 11.5 Å². The summed E-state index contributed by atoms with van der Waals surface area (Å²) in [6.45, 7) is 0. The quantitative estimate of drug-likeness (QED) is 0.813. The number of hydrogen-bond donors (Lipinski definition) is 1. The van der Waals surface area contributed by atoms with Gasteiger partial charge in [-0.25, -0.2) is 4.79 Å². The number of carbonyl (C=O) groups is 1. The lowest BCUT2D eigenvalue weighted by atomic mass is 9.97. The highest BCUT2D eigenvalue weighted by Crippen LogP contribution is 2.33. The fourth-order valence-corrected chi connectivity index (χ4v) is 2.77. The molecular weight excluding hydrogens is 202 g/mol. The summed E-state index contributed by atoms with van der Waals surface area (Å²) in [5, 5.41) is 12.4. The summed E-state index contributed by atoms with van der Waals surface area (Å²) < 4.78 is 5.03. The van der Waals surface area contributed by atoms with Crippen molar-refractivity contribution in [1.82, 2.24) is 5.16 Å². The molecular formula is C9H11NO3S. The van der Waals surface area contributed by atoms with Crippen LogP contribution in [-0.2, 0) is 0 Å². The van der Waals surface area contributed by atoms with Crippen LogP contribution in [-0.4, -0.2) is 27.7 Å². The molecule has 0 bridgehead atoms. The van der Waals surface area contributed by atoms with Gasteiger partial charge in [-0.15, -0.1) is 0 Å². The smallest absolute Gasteiger partial charge is 0.340 e. The van der Waals surface area contributed by atoms with E-state index in [2.05, 4.69) is 5.16 Å². The number of rotatable bonds is 2. The molecule has 2 rings (SSSR count). The van der Waals surface area contributed by atoms with Gasteiger partial charge in [0.2, 0.25) is 0 Å². The van der Waals surface area contributed by atoms with E-state index >= 15 is 0 Å². The second kappa shape index (κ2) is 4.04. The third-order valence-electron chi connectivity index (χ3n) is 2.42. The molecule has 0 aliphatic carbocycles. The van der Waals surface area contributed by atoms with Crippen molar-refractivity contribution >= 4 is 17.7 Å². The normalized spacial score (nSPS) is 18.3. The number of carboxylic acid groups (broad SMARTS) is 1. The Labute approximate surface area is 85.7 Å². The monoisotopic (exact) mass is 213 g/mol. The van der Waals surface area contributed by atoms with Crippen molar-refractivity contribution in [3.05, 3.63) is 17.5 Å². The molecule has 1 aromatic heterocycles. The van der Waals surface area contributed by atoms with Gasteiger partial charge < -0.3 is 9.63 Å². The summed E-state index contributed by atoms with van der Waals surface area (Å²) in [7, 11) is 0. The van der Waals surface area contributed by atoms with Crippen LogP contribution in [0.15, 0.2) is 10.7 Å². The molecule has 0 unspecified atom stereocenters. The van der Waals surface area contributed by atoms with E-state index in [0.29, 0.717) is 5.76 Å². The molecule has 5 heteroatoms. The van der Waals surface area contributed by atoms with E-state index in [1.165, 1.54) is 6.20 Å². The lowest BCUT2D eigenvalue weighted by Gasteiger charge is -2.18. The first-order chi connectivity index (χ1) is 6.79. The first-order valence-corrected chi connectivity index (χ1v) is 5.70. The van der Waals surface area contributed by atoms with Gasteiger partial charge in [0, 0.05) is 5.92 Å². The third-order valence-corrected chi connectivity index (χ3v) is 3.47. The summed E-state index contributed by atoms with van der Waals surface area (Å²) in [6.07, 6.45) is 3.26. The largest absolute Gasteiger partial charge is 0.478 e. The zero-order valence-corrected chi connectivity index (χ0v) is 8.42. The molecule has 0 aromatic carbocycles. The van der Waals surface area contributed by atoms with Crippen molar-refractivity contribution in [3.63, 3.8) is 0 Å². The van der Waals surface area contributed by atoms with Gasteiger partial charge in [-0.1, -0.05) is 5.16 Å². The molecule has 76 valence electrons. The highest BCUT2D eigenvalue weighted by atomic mass is 32.2. The zero-order valence-electron chi connectivity index (χ0n) is 7.60. The highest BCUT2D eigenvalue weighted by Gasteiger charge is 2.25. The minimum Gasteiger partial charge on any atom is -0.478 e. The topological polar surface area (TPSA) is 63.3 Å². The van der Waals surface area contributed by atoms with Crippen molar-refractivity contribution < 1.29 is 14.4 Å². The van der Waals surface area contributed by atoms with Crippen molar-refractivity contribution in [2.75, 3.05) is 11.5 Å². The highest BCUT2D eigenvalue weighted by molar-refractivity contribution is 7.99. The molecule has 1 fully saturated rings. The van der Waals surface area contributed by atoms with Crippen molar-refractivity contribution in [2.45, 2.75) is 18.8 Å². The van der Waals surface area contributed by atoms with Crippen LogP contribution in [0.2, 0.25) is 0 Å². The van der Waals surface area contributed by atoms with Crippen molar-refractivity contribution in [1.29, 1.82) is 0 Å². The van der Waals surface area contributed by atoms with Crippen LogP contribution in [0.3, 0.4) is 0 Å². The van der Waals surface area contributed by atoms with Gasteiger partial charge in [0.25, 0.3) is 0 Å². The zero-order chi connectivity index (χ0) is 9.97. The summed E-state index contributed by atoms with van der Waals surface area (Å²) >= 11 is 1.90. The Kier molecular flexibility index (Phi) is 2.77. The number of nitrogens with zero attached hydrogens (tertiary/aromatic N) is 1. The molecule has 0 amide bonds. The summed E-state index contributed by atoms with van der Waals surface area (Å²) in [4.78, 5) is 10.8. The fourth-order valence-electron chi connectivity index (χ4n) is 1.66. The maximum atomic E-state index is 10.8. The van der Waals surface area contributed by atoms with Crippen LogP contribution in [0.4, 0.5) is 0 Å². The molecule has 0 atom stereocenters. The van der Waals surface area contributed by atoms with Crippen LogP contribution in [0.5, 0.6) is 0 Å². The molecule has 1 aliphatic heterocycles. The summed E-state index contributed by atoms with van der Waals surface area (Å²) in [5.74, 6) is 2.00. The van der Waals surface area contributed by atoms with Gasteiger partial charge in [-0.2, -0.15) is 11.8 Å². The van der Waals surface area contributed by atoms with Crippen LogP contribution in [0.25, 0.3) is 0 Å². The molecule has 0 saturated carbocycles. The minimum absolute atomic E-state index is 0.224. The lowest BCUT2D eigenvalue weighted by Crippen LogP contribution is -2.10. The molecule has 1 aliphatic rings. The Hall–Kier alpha value is -0.970. The second-order valence-corrected chi connectivity index (χ2v) is 4.52. The lowest BCUT2D eigenvalue weighted by molar-refractivity contribution is 0.0693. The van der Waals surface area contributed by atoms with Crippen LogP contribution in [0, 0.1) is 0 Å². The molecule has 1 saturated heterocycles. The average Bonchev–Trinajstić information content (AvgIpc) is 2.67. The van der Waals surface area contributed by atoms with Gasteiger partial charge in [-0.3, -0.25) is 0 Å². The minimum atomic E-state index is -0.945. The predicted octanol–water partition coefficient (Wildman–Crippen LogP) is 1.98. The second-order valence-electron chi connectivity index (χ2n) is 3.30. The van der Waals surface area contributed by atoms with E-state index in [9.17, 15) is 4.79 Å². The summed E-state index contributed by atoms with van der Waals surface area (Å²) in [6, 6.07) is 0. The number of aromatic carboxylic acids is 1. The van der Waals surface area contributed by atoms with E-state index in [1.54, 1.807) is 0 Å². The van der Waals surface area contributed by atoms with Crippen LogP contribution in [0.1, 0.15) is 34.9 Å². The van der Waals surface area contributed by atoms with Gasteiger partial charge in [-0.05, 0) is 24.3 Å². The average molecular weight is 213 g/mol. The predicted molar refractivity (Wildman–Crippen MR) is 52.8 cm³/mol. The Morgan fingerprint density at radius 1 is 1.57 bits per heavy atom. The van der Waals surface area contributed by atoms with E-state index < -0.39 is 5.97 Å². The molecule has 1 aromatic rings. The number of aromatic nitrogens is 1. The van der Waals surface area contributed by atoms with Crippen molar-refractivity contribution in [3.8, 4) is 0 Å². The molecule has 4 nitrogen and oxygen atoms in total. The van der Waals surface area contributed by atoms with Gasteiger partial charge in [0.1, 0.15) is 5.56 Å². The van der Waals surface area contributed by atoms with Crippen LogP contribution >= 0.6 is 11.8 Å². The fraction of sp³-hybridized carbons (Fsp3) is 0.556. The summed E-state index contributed by atoms with van der Waals surface area (Å²) in [5.41, 5.74) is 0.224. The molecule has 14 heavy (non-hydrogen) atoms. The van der Waals surface area contributed by atoms with E-state index in [0.717, 1.165) is 24.3 Å². The van der Waals surface area contributed by atoms with E-state index in [4.69, 9.17) is 9.63 Å². The molecule has 0 spiro atoms. The first kappa shape index (κ1) is 9.58. The van der Waals surface area contributed by atoms with Crippen LogP contribution < -0.4 is 0 Å². The standard InChI is InChI=1S/C9H11NO3S/c11-9(12)7-5-10-13-8(7)6-1-3-14-4-2-6/h5-6H,1-4H2,(H,11,12).